The maximum atomic E-state index is 12.8. The van der Waals surface area contributed by atoms with E-state index in [1.165, 1.54) is 12.1 Å². The molecule has 0 radical (unpaired) electrons. The first kappa shape index (κ1) is 20.2. The second kappa shape index (κ2) is 8.04. The van der Waals surface area contributed by atoms with Gasteiger partial charge in [0, 0.05) is 17.7 Å². The van der Waals surface area contributed by atoms with Crippen LogP contribution in [-0.4, -0.2) is 37.0 Å². The third kappa shape index (κ3) is 4.73. The molecule has 0 aliphatic rings. The quantitative estimate of drug-likeness (QED) is 0.305. The van der Waals surface area contributed by atoms with E-state index >= 15 is 0 Å². The van der Waals surface area contributed by atoms with Crippen molar-refractivity contribution in [2.24, 2.45) is 0 Å². The molecule has 142 valence electrons. The summed E-state index contributed by atoms with van der Waals surface area (Å²) in [6.45, 7) is 0.381. The first-order chi connectivity index (χ1) is 12.6. The van der Waals surface area contributed by atoms with Gasteiger partial charge in [-0.1, -0.05) is 0 Å². The number of ether oxygens (including phenoxy) is 1. The number of ketones is 1. The van der Waals surface area contributed by atoms with E-state index in [1.807, 2.05) is 0 Å². The van der Waals surface area contributed by atoms with Gasteiger partial charge in [-0.25, -0.2) is 12.8 Å². The zero-order valence-corrected chi connectivity index (χ0v) is 14.8. The van der Waals surface area contributed by atoms with Crippen molar-refractivity contribution in [1.29, 1.82) is 0 Å². The first-order valence-corrected chi connectivity index (χ1v) is 9.11. The van der Waals surface area contributed by atoms with Gasteiger partial charge >= 0.3 is 5.97 Å². The van der Waals surface area contributed by atoms with Crippen molar-refractivity contribution in [2.75, 3.05) is 6.61 Å². The van der Waals surface area contributed by atoms with Gasteiger partial charge in [0.25, 0.3) is 5.69 Å². The van der Waals surface area contributed by atoms with Crippen LogP contribution in [0.25, 0.3) is 0 Å². The van der Waals surface area contributed by atoms with Crippen molar-refractivity contribution >= 4 is 27.3 Å². The molecule has 0 N–H and O–H groups in total. The summed E-state index contributed by atoms with van der Waals surface area (Å²) >= 11 is 0. The molecule has 0 aliphatic heterocycles. The molecular formula is C17H14FNO7S. The van der Waals surface area contributed by atoms with E-state index in [9.17, 15) is 32.5 Å². The number of Topliss-reactive ketones (excluding diaryl/α,β-unsaturated/α-hetero) is 1. The number of nitro benzene ring substituents is 1. The van der Waals surface area contributed by atoms with Gasteiger partial charge in [-0.2, -0.15) is 0 Å². The van der Waals surface area contributed by atoms with Crippen LogP contribution < -0.4 is 0 Å². The average Bonchev–Trinajstić information content (AvgIpc) is 2.65. The third-order valence-corrected chi connectivity index (χ3v) is 5.74. The number of halogens is 1. The molecule has 1 atom stereocenters. The Bertz CT molecular complexity index is 969. The van der Waals surface area contributed by atoms with E-state index in [1.54, 1.807) is 0 Å². The molecule has 0 aromatic heterocycles. The second-order valence-electron chi connectivity index (χ2n) is 5.48. The van der Waals surface area contributed by atoms with Crippen LogP contribution in [0.5, 0.6) is 0 Å². The fraction of sp³-hybridized carbons (Fsp3) is 0.176. The fourth-order valence-electron chi connectivity index (χ4n) is 2.06. The highest BCUT2D eigenvalue weighted by Crippen LogP contribution is 2.20. The molecule has 0 heterocycles. The lowest BCUT2D eigenvalue weighted by molar-refractivity contribution is -0.384. The van der Waals surface area contributed by atoms with E-state index in [2.05, 4.69) is 0 Å². The van der Waals surface area contributed by atoms with E-state index in [4.69, 9.17) is 4.74 Å². The van der Waals surface area contributed by atoms with Crippen LogP contribution in [0, 0.1) is 15.9 Å². The molecule has 0 spiro atoms. The summed E-state index contributed by atoms with van der Waals surface area (Å²) in [7, 11) is -4.16. The molecule has 2 aromatic carbocycles. The Labute approximate surface area is 153 Å². The highest BCUT2D eigenvalue weighted by Gasteiger charge is 2.32. The molecule has 2 aromatic rings. The minimum absolute atomic E-state index is 0.107. The van der Waals surface area contributed by atoms with E-state index < -0.39 is 44.2 Å². The zero-order chi connectivity index (χ0) is 20.2. The van der Waals surface area contributed by atoms with Crippen molar-refractivity contribution in [2.45, 2.75) is 17.1 Å². The Morgan fingerprint density at radius 1 is 1.11 bits per heavy atom. The van der Waals surface area contributed by atoms with Crippen molar-refractivity contribution in [3.05, 3.63) is 70.0 Å². The van der Waals surface area contributed by atoms with Crippen LogP contribution in [0.2, 0.25) is 0 Å². The highest BCUT2D eigenvalue weighted by atomic mass is 32.2. The lowest BCUT2D eigenvalue weighted by Gasteiger charge is -2.12. The summed E-state index contributed by atoms with van der Waals surface area (Å²) in [6, 6.07) is 8.59. The molecule has 10 heteroatoms. The Hall–Kier alpha value is -3.14. The Balaban J connectivity index is 2.05. The topological polar surface area (TPSA) is 121 Å². The van der Waals surface area contributed by atoms with E-state index in [0.29, 0.717) is 0 Å². The minimum Gasteiger partial charge on any atom is -0.456 e. The maximum absolute atomic E-state index is 12.8. The van der Waals surface area contributed by atoms with Gasteiger partial charge in [-0.05, 0) is 43.3 Å². The standard InChI is InChI=1S/C17H14FNO7S/c1-11(27(24,25)15-8-6-14(7-9-15)19(22)23)17(21)26-10-16(20)12-2-4-13(18)5-3-12/h2-9,11H,10H2,1H3/t11-/m1/s1. The molecule has 0 fully saturated rings. The molecule has 8 nitrogen and oxygen atoms in total. The predicted molar refractivity (Wildman–Crippen MR) is 91.4 cm³/mol. The zero-order valence-electron chi connectivity index (χ0n) is 14.0. The van der Waals surface area contributed by atoms with Crippen molar-refractivity contribution in [1.82, 2.24) is 0 Å². The Morgan fingerprint density at radius 2 is 1.67 bits per heavy atom. The molecule has 0 amide bonds. The molecule has 0 unspecified atom stereocenters. The summed E-state index contributed by atoms with van der Waals surface area (Å²) < 4.78 is 42.4. The first-order valence-electron chi connectivity index (χ1n) is 7.56. The fourth-order valence-corrected chi connectivity index (χ4v) is 3.31. The van der Waals surface area contributed by atoms with Crippen LogP contribution in [0.4, 0.5) is 10.1 Å². The lowest BCUT2D eigenvalue weighted by atomic mass is 10.1. The molecule has 27 heavy (non-hydrogen) atoms. The van der Waals surface area contributed by atoms with Crippen molar-refractivity contribution < 1.29 is 32.1 Å². The number of rotatable bonds is 7. The van der Waals surface area contributed by atoms with Crippen LogP contribution in [-0.2, 0) is 19.4 Å². The van der Waals surface area contributed by atoms with Gasteiger partial charge in [-0.15, -0.1) is 0 Å². The SMILES string of the molecule is C[C@H](C(=O)OCC(=O)c1ccc(F)cc1)S(=O)(=O)c1ccc([N+](=O)[O-])cc1. The van der Waals surface area contributed by atoms with Gasteiger partial charge in [0.1, 0.15) is 5.82 Å². The maximum Gasteiger partial charge on any atom is 0.324 e. The lowest BCUT2D eigenvalue weighted by Crippen LogP contribution is -2.30. The number of benzene rings is 2. The summed E-state index contributed by atoms with van der Waals surface area (Å²) in [5.41, 5.74) is -0.191. The van der Waals surface area contributed by atoms with Crippen LogP contribution >= 0.6 is 0 Å². The number of hydrogen-bond acceptors (Lipinski definition) is 7. The summed E-state index contributed by atoms with van der Waals surface area (Å²) in [6.07, 6.45) is 0. The van der Waals surface area contributed by atoms with Crippen LogP contribution in [0.3, 0.4) is 0 Å². The molecule has 2 rings (SSSR count). The van der Waals surface area contributed by atoms with Gasteiger partial charge in [-0.3, -0.25) is 19.7 Å². The largest absolute Gasteiger partial charge is 0.456 e. The molecular weight excluding hydrogens is 381 g/mol. The number of nitro groups is 1. The van der Waals surface area contributed by atoms with Gasteiger partial charge < -0.3 is 4.74 Å². The number of hydrogen-bond donors (Lipinski definition) is 0. The smallest absolute Gasteiger partial charge is 0.324 e. The minimum atomic E-state index is -4.16. The van der Waals surface area contributed by atoms with Crippen molar-refractivity contribution in [3.63, 3.8) is 0 Å². The number of nitrogens with zero attached hydrogens (tertiary/aromatic N) is 1. The number of carbonyl (C=O) groups is 2. The number of esters is 1. The predicted octanol–water partition coefficient (Wildman–Crippen LogP) is 2.32. The van der Waals surface area contributed by atoms with Gasteiger partial charge in [0.05, 0.1) is 9.82 Å². The number of carbonyl (C=O) groups excluding carboxylic acids is 2. The van der Waals surface area contributed by atoms with E-state index in [-0.39, 0.29) is 16.1 Å². The van der Waals surface area contributed by atoms with Crippen LogP contribution in [0.1, 0.15) is 17.3 Å². The molecule has 0 saturated heterocycles. The number of sulfone groups is 1. The molecule has 0 aliphatic carbocycles. The molecule has 0 bridgehead atoms. The van der Waals surface area contributed by atoms with E-state index in [0.717, 1.165) is 43.3 Å². The Kier molecular flexibility index (Phi) is 6.01. The van der Waals surface area contributed by atoms with Gasteiger partial charge in [0.2, 0.25) is 0 Å². The van der Waals surface area contributed by atoms with Crippen LogP contribution in [0.15, 0.2) is 53.4 Å². The van der Waals surface area contributed by atoms with Crippen molar-refractivity contribution in [3.8, 4) is 0 Å². The van der Waals surface area contributed by atoms with Gasteiger partial charge in [0.15, 0.2) is 27.5 Å². The highest BCUT2D eigenvalue weighted by molar-refractivity contribution is 7.92. The second-order valence-corrected chi connectivity index (χ2v) is 7.74. The average molecular weight is 395 g/mol. The normalized spacial score (nSPS) is 12.2. The monoisotopic (exact) mass is 395 g/mol. The Morgan fingerprint density at radius 3 is 2.19 bits per heavy atom. The number of non-ortho nitro benzene ring substituents is 1. The summed E-state index contributed by atoms with van der Waals surface area (Å²) in [4.78, 5) is 33.5. The third-order valence-electron chi connectivity index (χ3n) is 3.69. The molecule has 0 saturated carbocycles. The summed E-state index contributed by atoms with van der Waals surface area (Å²) in [5, 5.41) is 8.99. The summed E-state index contributed by atoms with van der Waals surface area (Å²) in [5.74, 6) is -2.31.